The van der Waals surface area contributed by atoms with Gasteiger partial charge in [-0.15, -0.1) is 0 Å². The van der Waals surface area contributed by atoms with E-state index in [1.807, 2.05) is 0 Å². The summed E-state index contributed by atoms with van der Waals surface area (Å²) < 4.78 is 10.7. The Bertz CT molecular complexity index is 622. The highest BCUT2D eigenvalue weighted by atomic mass is 16.5. The van der Waals surface area contributed by atoms with Crippen LogP contribution in [-0.4, -0.2) is 49.6 Å². The van der Waals surface area contributed by atoms with Gasteiger partial charge >= 0.3 is 0 Å². The topological polar surface area (TPSA) is 59.0 Å². The summed E-state index contributed by atoms with van der Waals surface area (Å²) in [5.74, 6) is 0.579. The molecule has 5 heteroatoms. The zero-order valence-electron chi connectivity index (χ0n) is 14.3. The van der Waals surface area contributed by atoms with Crippen molar-refractivity contribution in [2.24, 2.45) is 0 Å². The molecular formula is C18H25NO4. The van der Waals surface area contributed by atoms with E-state index in [9.17, 15) is 9.90 Å². The molecule has 5 nitrogen and oxygen atoms in total. The van der Waals surface area contributed by atoms with Gasteiger partial charge in [-0.1, -0.05) is 13.0 Å². The molecule has 126 valence electrons. The lowest BCUT2D eigenvalue weighted by Crippen LogP contribution is -2.29. The van der Waals surface area contributed by atoms with E-state index < -0.39 is 0 Å². The Morgan fingerprint density at radius 3 is 2.48 bits per heavy atom. The predicted molar refractivity (Wildman–Crippen MR) is 90.5 cm³/mol. The van der Waals surface area contributed by atoms with Crippen LogP contribution in [0.25, 0.3) is 5.57 Å². The number of aromatic hydroxyl groups is 1. The van der Waals surface area contributed by atoms with Crippen molar-refractivity contribution in [2.45, 2.75) is 26.7 Å². The average molecular weight is 319 g/mol. The highest BCUT2D eigenvalue weighted by Gasteiger charge is 2.25. The molecular weight excluding hydrogens is 294 g/mol. The second-order valence-corrected chi connectivity index (χ2v) is 5.72. The second-order valence-electron chi connectivity index (χ2n) is 5.72. The number of carbonyl (C=O) groups excluding carboxylic acids is 1. The lowest BCUT2D eigenvalue weighted by molar-refractivity contribution is 0.101. The third kappa shape index (κ3) is 3.50. The molecule has 0 radical (unpaired) electrons. The van der Waals surface area contributed by atoms with Crippen LogP contribution in [0.1, 0.15) is 42.6 Å². The van der Waals surface area contributed by atoms with E-state index in [0.29, 0.717) is 17.1 Å². The Labute approximate surface area is 137 Å². The standard InChI is InChI=1S/C18H25NO4/c1-5-8-19-9-6-13(7-10-19)17-15(23-4)11-14(22-3)16(12(2)20)18(17)21/h6,11,21H,5,7-10H2,1-4H3. The Kier molecular flexibility index (Phi) is 5.66. The fourth-order valence-corrected chi connectivity index (χ4v) is 3.05. The Morgan fingerprint density at radius 1 is 1.30 bits per heavy atom. The summed E-state index contributed by atoms with van der Waals surface area (Å²) in [6, 6.07) is 1.67. The van der Waals surface area contributed by atoms with Crippen molar-refractivity contribution in [3.8, 4) is 17.2 Å². The molecule has 1 aromatic rings. The van der Waals surface area contributed by atoms with Gasteiger partial charge in [-0.3, -0.25) is 9.69 Å². The first-order valence-corrected chi connectivity index (χ1v) is 7.94. The Balaban J connectivity index is 2.50. The van der Waals surface area contributed by atoms with Gasteiger partial charge in [-0.2, -0.15) is 0 Å². The van der Waals surface area contributed by atoms with Crippen LogP contribution in [0.4, 0.5) is 0 Å². The molecule has 1 N–H and O–H groups in total. The smallest absolute Gasteiger partial charge is 0.167 e. The van der Waals surface area contributed by atoms with Gasteiger partial charge < -0.3 is 14.6 Å². The Hall–Kier alpha value is -2.01. The maximum atomic E-state index is 11.9. The second kappa shape index (κ2) is 7.51. The van der Waals surface area contributed by atoms with Crippen LogP contribution in [-0.2, 0) is 0 Å². The van der Waals surface area contributed by atoms with E-state index in [-0.39, 0.29) is 17.1 Å². The van der Waals surface area contributed by atoms with Gasteiger partial charge in [0.05, 0.1) is 19.8 Å². The van der Waals surface area contributed by atoms with Crippen LogP contribution in [0.15, 0.2) is 12.1 Å². The van der Waals surface area contributed by atoms with Crippen LogP contribution in [0.3, 0.4) is 0 Å². The SMILES string of the molecule is CCCN1CC=C(c2c(OC)cc(OC)c(C(C)=O)c2O)CC1. The van der Waals surface area contributed by atoms with Gasteiger partial charge in [-0.05, 0) is 31.9 Å². The van der Waals surface area contributed by atoms with Gasteiger partial charge in [0.2, 0.25) is 0 Å². The van der Waals surface area contributed by atoms with Gasteiger partial charge in [0.1, 0.15) is 22.8 Å². The normalized spacial score (nSPS) is 15.2. The van der Waals surface area contributed by atoms with Crippen molar-refractivity contribution in [3.05, 3.63) is 23.3 Å². The molecule has 1 heterocycles. The van der Waals surface area contributed by atoms with E-state index in [4.69, 9.17) is 9.47 Å². The molecule has 0 fully saturated rings. The molecule has 0 unspecified atom stereocenters. The first kappa shape index (κ1) is 17.3. The number of methoxy groups -OCH3 is 2. The molecule has 0 aromatic heterocycles. The molecule has 2 rings (SSSR count). The first-order chi connectivity index (χ1) is 11.0. The molecule has 1 aromatic carbocycles. The number of rotatable bonds is 6. The minimum Gasteiger partial charge on any atom is -0.506 e. The quantitative estimate of drug-likeness (QED) is 0.817. The van der Waals surface area contributed by atoms with Crippen molar-refractivity contribution in [1.82, 2.24) is 4.90 Å². The molecule has 0 atom stereocenters. The van der Waals surface area contributed by atoms with Gasteiger partial charge in [0.15, 0.2) is 5.78 Å². The summed E-state index contributed by atoms with van der Waals surface area (Å²) in [5, 5.41) is 10.7. The number of ether oxygens (including phenoxy) is 2. The monoisotopic (exact) mass is 319 g/mol. The maximum Gasteiger partial charge on any atom is 0.167 e. The predicted octanol–water partition coefficient (Wildman–Crippen LogP) is 3.11. The molecule has 1 aliphatic heterocycles. The molecule has 1 aliphatic rings. The molecule has 0 amide bonds. The zero-order chi connectivity index (χ0) is 17.0. The van der Waals surface area contributed by atoms with E-state index in [1.165, 1.54) is 14.0 Å². The van der Waals surface area contributed by atoms with Crippen LogP contribution < -0.4 is 9.47 Å². The number of carbonyl (C=O) groups is 1. The van der Waals surface area contributed by atoms with Crippen molar-refractivity contribution in [1.29, 1.82) is 0 Å². The first-order valence-electron chi connectivity index (χ1n) is 7.94. The summed E-state index contributed by atoms with van der Waals surface area (Å²) in [4.78, 5) is 14.3. The van der Waals surface area contributed by atoms with E-state index in [1.54, 1.807) is 13.2 Å². The summed E-state index contributed by atoms with van der Waals surface area (Å²) in [7, 11) is 3.03. The van der Waals surface area contributed by atoms with Crippen molar-refractivity contribution in [2.75, 3.05) is 33.9 Å². The average Bonchev–Trinajstić information content (AvgIpc) is 2.54. The summed E-state index contributed by atoms with van der Waals surface area (Å²) >= 11 is 0. The highest BCUT2D eigenvalue weighted by molar-refractivity contribution is 6.02. The van der Waals surface area contributed by atoms with Crippen molar-refractivity contribution >= 4 is 11.4 Å². The van der Waals surface area contributed by atoms with E-state index in [0.717, 1.165) is 38.0 Å². The van der Waals surface area contributed by atoms with Gasteiger partial charge in [-0.25, -0.2) is 0 Å². The number of hydrogen-bond acceptors (Lipinski definition) is 5. The summed E-state index contributed by atoms with van der Waals surface area (Å²) in [5.41, 5.74) is 1.83. The van der Waals surface area contributed by atoms with Crippen LogP contribution in [0.2, 0.25) is 0 Å². The van der Waals surface area contributed by atoms with Gasteiger partial charge in [0, 0.05) is 19.2 Å². The van der Waals surface area contributed by atoms with E-state index >= 15 is 0 Å². The van der Waals surface area contributed by atoms with Gasteiger partial charge in [0.25, 0.3) is 0 Å². The molecule has 0 saturated carbocycles. The fourth-order valence-electron chi connectivity index (χ4n) is 3.05. The largest absolute Gasteiger partial charge is 0.506 e. The molecule has 0 saturated heterocycles. The Morgan fingerprint density at radius 2 is 2.00 bits per heavy atom. The third-order valence-electron chi connectivity index (χ3n) is 4.17. The van der Waals surface area contributed by atoms with Crippen molar-refractivity contribution in [3.63, 3.8) is 0 Å². The van der Waals surface area contributed by atoms with Crippen LogP contribution in [0.5, 0.6) is 17.2 Å². The van der Waals surface area contributed by atoms with Crippen LogP contribution in [0, 0.1) is 0 Å². The summed E-state index contributed by atoms with van der Waals surface area (Å²) in [6.07, 6.45) is 4.04. The van der Waals surface area contributed by atoms with E-state index in [2.05, 4.69) is 17.9 Å². The molecule has 0 bridgehead atoms. The van der Waals surface area contributed by atoms with Crippen LogP contribution >= 0.6 is 0 Å². The molecule has 23 heavy (non-hydrogen) atoms. The summed E-state index contributed by atoms with van der Waals surface area (Å²) in [6.45, 7) is 6.42. The minimum atomic E-state index is -0.229. The number of phenolic OH excluding ortho intramolecular Hbond substituents is 1. The molecule has 0 spiro atoms. The number of benzene rings is 1. The number of phenols is 1. The zero-order valence-corrected chi connectivity index (χ0v) is 14.3. The van der Waals surface area contributed by atoms with Crippen molar-refractivity contribution < 1.29 is 19.4 Å². The fraction of sp³-hybridized carbons (Fsp3) is 0.500. The lowest BCUT2D eigenvalue weighted by atomic mass is 9.93. The minimum absolute atomic E-state index is 0.0520. The number of nitrogens with zero attached hydrogens (tertiary/aromatic N) is 1. The highest BCUT2D eigenvalue weighted by Crippen LogP contribution is 2.44. The lowest BCUT2D eigenvalue weighted by Gasteiger charge is -2.27. The number of ketones is 1. The maximum absolute atomic E-state index is 11.9. The number of Topliss-reactive ketones (excluding diaryl/α,β-unsaturated/α-hetero) is 1. The molecule has 0 aliphatic carbocycles. The third-order valence-corrected chi connectivity index (χ3v) is 4.17. The number of hydrogen-bond donors (Lipinski definition) is 1.